The highest BCUT2D eigenvalue weighted by Gasteiger charge is 2.43. The van der Waals surface area contributed by atoms with Gasteiger partial charge in [0.05, 0.1) is 52.5 Å². The quantitative estimate of drug-likeness (QED) is 0.0349. The summed E-state index contributed by atoms with van der Waals surface area (Å²) in [6.07, 6.45) is 16.8. The van der Waals surface area contributed by atoms with E-state index in [1.807, 2.05) is 0 Å². The minimum atomic E-state index is -2.50. The van der Waals surface area contributed by atoms with Crippen molar-refractivity contribution < 1.29 is 62.3 Å². The van der Waals surface area contributed by atoms with Crippen LogP contribution in [0.3, 0.4) is 0 Å². The number of unbranched alkanes of at least 4 members (excludes halogenated alkanes) is 12. The number of esters is 6. The maximum atomic E-state index is 13.1. The highest BCUT2D eigenvalue weighted by Crippen LogP contribution is 2.21. The lowest BCUT2D eigenvalue weighted by molar-refractivity contribution is -0.178. The fourth-order valence-corrected chi connectivity index (χ4v) is 6.37. The zero-order valence-corrected chi connectivity index (χ0v) is 39.2. The molecule has 0 amide bonds. The first-order valence-electron chi connectivity index (χ1n) is 23.8. The summed E-state index contributed by atoms with van der Waals surface area (Å²) in [6, 6.07) is 0. The zero-order valence-electron chi connectivity index (χ0n) is 39.2. The van der Waals surface area contributed by atoms with Crippen molar-refractivity contribution in [3.05, 3.63) is 0 Å². The molecule has 0 heterocycles. The Labute approximate surface area is 368 Å². The number of aliphatic hydroxyl groups is 1. The first kappa shape index (κ1) is 57.8. The monoisotopic (exact) mass is 871 g/mol. The first-order chi connectivity index (χ1) is 29.1. The van der Waals surface area contributed by atoms with Crippen LogP contribution in [0.4, 0.5) is 0 Å². The van der Waals surface area contributed by atoms with Gasteiger partial charge >= 0.3 is 35.8 Å². The van der Waals surface area contributed by atoms with Crippen LogP contribution in [0.2, 0.25) is 0 Å². The lowest BCUT2D eigenvalue weighted by atomic mass is 9.95. The standard InChI is InChI=1S/C48H86O13/c1-39(2)25-13-7-16-28-42(49)56-31-19-10-22-34-59-45(52)37-48(55,47(54)61-36-24-12-21-33-58-44(51)30-18-9-15-27-41(5)6)38-46(53)60-35-23-11-20-32-57-43(50)29-17-8-14-26-40(3)4/h39-41,55H,7-38H2,1-6H3. The van der Waals surface area contributed by atoms with Crippen molar-refractivity contribution in [3.8, 4) is 0 Å². The second kappa shape index (κ2) is 38.5. The van der Waals surface area contributed by atoms with E-state index in [1.54, 1.807) is 0 Å². The Hall–Kier alpha value is -3.22. The van der Waals surface area contributed by atoms with Crippen molar-refractivity contribution in [1.29, 1.82) is 0 Å². The van der Waals surface area contributed by atoms with Crippen molar-refractivity contribution in [1.82, 2.24) is 0 Å². The van der Waals surface area contributed by atoms with E-state index in [4.69, 9.17) is 28.4 Å². The molecule has 0 spiro atoms. The summed E-state index contributed by atoms with van der Waals surface area (Å²) in [4.78, 5) is 74.6. The Balaban J connectivity index is 4.70. The van der Waals surface area contributed by atoms with E-state index in [-0.39, 0.29) is 57.5 Å². The first-order valence-corrected chi connectivity index (χ1v) is 23.8. The third-order valence-electron chi connectivity index (χ3n) is 10.2. The van der Waals surface area contributed by atoms with Gasteiger partial charge in [-0.25, -0.2) is 4.79 Å². The Morgan fingerprint density at radius 3 is 0.869 bits per heavy atom. The average Bonchev–Trinajstić information content (AvgIpc) is 3.18. The lowest BCUT2D eigenvalue weighted by Gasteiger charge is -2.24. The van der Waals surface area contributed by atoms with Gasteiger partial charge in [0.15, 0.2) is 5.60 Å². The van der Waals surface area contributed by atoms with Crippen molar-refractivity contribution in [2.45, 2.75) is 214 Å². The van der Waals surface area contributed by atoms with E-state index < -0.39 is 36.4 Å². The van der Waals surface area contributed by atoms with Crippen LogP contribution in [-0.2, 0) is 57.2 Å². The van der Waals surface area contributed by atoms with Crippen molar-refractivity contribution >= 4 is 35.8 Å². The van der Waals surface area contributed by atoms with E-state index in [2.05, 4.69) is 41.5 Å². The number of carbonyl (C=O) groups excluding carboxylic acids is 6. The van der Waals surface area contributed by atoms with Gasteiger partial charge in [-0.1, -0.05) is 99.3 Å². The minimum absolute atomic E-state index is 0.0223. The molecule has 0 aromatic rings. The van der Waals surface area contributed by atoms with Crippen LogP contribution in [0.5, 0.6) is 0 Å². The molecule has 1 N–H and O–H groups in total. The molecule has 0 aliphatic heterocycles. The summed E-state index contributed by atoms with van der Waals surface area (Å²) in [6.45, 7) is 13.9. The van der Waals surface area contributed by atoms with Crippen LogP contribution in [0.25, 0.3) is 0 Å². The molecule has 0 saturated carbocycles. The SMILES string of the molecule is CC(C)CCCCCC(=O)OCCCCCOC(=O)CC(O)(CC(=O)OCCCCCOC(=O)CCCCCC(C)C)C(=O)OCCCCCOC(=O)CCCCCC(C)C. The van der Waals surface area contributed by atoms with Gasteiger partial charge < -0.3 is 33.5 Å². The van der Waals surface area contributed by atoms with E-state index in [0.717, 1.165) is 77.0 Å². The fraction of sp³-hybridized carbons (Fsp3) is 0.875. The Morgan fingerprint density at radius 2 is 0.590 bits per heavy atom. The third-order valence-corrected chi connectivity index (χ3v) is 10.2. The maximum Gasteiger partial charge on any atom is 0.339 e. The van der Waals surface area contributed by atoms with Gasteiger partial charge in [0.25, 0.3) is 0 Å². The van der Waals surface area contributed by atoms with Crippen LogP contribution in [0.1, 0.15) is 208 Å². The number of rotatable bonds is 41. The van der Waals surface area contributed by atoms with Gasteiger partial charge in [0.1, 0.15) is 0 Å². The maximum absolute atomic E-state index is 13.1. The van der Waals surface area contributed by atoms with Crippen molar-refractivity contribution in [2.75, 3.05) is 39.6 Å². The molecule has 0 unspecified atom stereocenters. The largest absolute Gasteiger partial charge is 0.466 e. The van der Waals surface area contributed by atoms with Gasteiger partial charge in [-0.3, -0.25) is 24.0 Å². The van der Waals surface area contributed by atoms with Gasteiger partial charge in [-0.05, 0) is 94.8 Å². The Morgan fingerprint density at radius 1 is 0.344 bits per heavy atom. The predicted octanol–water partition coefficient (Wildman–Crippen LogP) is 10.1. The summed E-state index contributed by atoms with van der Waals surface area (Å²) < 4.78 is 31.7. The summed E-state index contributed by atoms with van der Waals surface area (Å²) in [5.74, 6) is -1.55. The molecule has 13 heteroatoms. The summed E-state index contributed by atoms with van der Waals surface area (Å²) in [5.41, 5.74) is -2.50. The van der Waals surface area contributed by atoms with Crippen LogP contribution in [-0.4, -0.2) is 86.2 Å². The molecule has 0 fully saturated rings. The van der Waals surface area contributed by atoms with E-state index in [9.17, 15) is 33.9 Å². The van der Waals surface area contributed by atoms with E-state index >= 15 is 0 Å². The summed E-state index contributed by atoms with van der Waals surface area (Å²) in [5, 5.41) is 11.3. The van der Waals surface area contributed by atoms with Crippen LogP contribution in [0.15, 0.2) is 0 Å². The van der Waals surface area contributed by atoms with Crippen LogP contribution in [0, 0.1) is 17.8 Å². The number of carbonyl (C=O) groups is 6. The molecule has 0 aromatic carbocycles. The molecule has 0 aliphatic carbocycles. The fourth-order valence-electron chi connectivity index (χ4n) is 6.37. The predicted molar refractivity (Wildman–Crippen MR) is 235 cm³/mol. The van der Waals surface area contributed by atoms with Gasteiger partial charge in [-0.2, -0.15) is 0 Å². The lowest BCUT2D eigenvalue weighted by Crippen LogP contribution is -2.45. The molecule has 0 aliphatic rings. The minimum Gasteiger partial charge on any atom is -0.466 e. The molecule has 0 saturated heterocycles. The molecule has 0 radical (unpaired) electrons. The molecule has 13 nitrogen and oxygen atoms in total. The van der Waals surface area contributed by atoms with Gasteiger partial charge in [0.2, 0.25) is 0 Å². The van der Waals surface area contributed by atoms with Crippen molar-refractivity contribution in [2.24, 2.45) is 17.8 Å². The van der Waals surface area contributed by atoms with E-state index in [0.29, 0.717) is 94.8 Å². The molecule has 61 heavy (non-hydrogen) atoms. The van der Waals surface area contributed by atoms with Crippen LogP contribution >= 0.6 is 0 Å². The second-order valence-electron chi connectivity index (χ2n) is 17.8. The van der Waals surface area contributed by atoms with E-state index in [1.165, 1.54) is 0 Å². The third kappa shape index (κ3) is 38.2. The highest BCUT2D eigenvalue weighted by molar-refractivity contribution is 5.90. The number of ether oxygens (including phenoxy) is 6. The molecule has 0 bridgehead atoms. The smallest absolute Gasteiger partial charge is 0.339 e. The number of hydrogen-bond donors (Lipinski definition) is 1. The molecular weight excluding hydrogens is 785 g/mol. The van der Waals surface area contributed by atoms with Gasteiger partial charge in [0, 0.05) is 19.3 Å². The molecule has 0 rings (SSSR count). The topological polar surface area (TPSA) is 178 Å². The molecule has 356 valence electrons. The normalized spacial score (nSPS) is 11.5. The van der Waals surface area contributed by atoms with Crippen molar-refractivity contribution in [3.63, 3.8) is 0 Å². The average molecular weight is 871 g/mol. The second-order valence-corrected chi connectivity index (χ2v) is 17.8. The molecule has 0 aromatic heterocycles. The molecular formula is C48H86O13. The van der Waals surface area contributed by atoms with Crippen LogP contribution < -0.4 is 0 Å². The van der Waals surface area contributed by atoms with Gasteiger partial charge in [-0.15, -0.1) is 0 Å². The Kier molecular flexibility index (Phi) is 36.4. The molecule has 0 atom stereocenters. The summed E-state index contributed by atoms with van der Waals surface area (Å²) >= 11 is 0. The highest BCUT2D eigenvalue weighted by atomic mass is 16.6. The zero-order chi connectivity index (χ0) is 45.6. The summed E-state index contributed by atoms with van der Waals surface area (Å²) in [7, 11) is 0. The number of hydrogen-bond acceptors (Lipinski definition) is 13. The Bertz CT molecular complexity index is 1110.